The molecule has 5 heteroatoms. The number of nitrogens with one attached hydrogen (secondary N) is 1. The van der Waals surface area contributed by atoms with Crippen molar-refractivity contribution >= 4 is 28.9 Å². The lowest BCUT2D eigenvalue weighted by molar-refractivity contribution is 0.0975. The molecule has 0 fully saturated rings. The predicted molar refractivity (Wildman–Crippen MR) is 95.3 cm³/mol. The molecule has 1 N–H and O–H groups in total. The van der Waals surface area contributed by atoms with Crippen LogP contribution in [0.15, 0.2) is 73.1 Å². The number of aromatic nitrogens is 1. The van der Waals surface area contributed by atoms with Gasteiger partial charge >= 0.3 is 0 Å². The van der Waals surface area contributed by atoms with E-state index in [4.69, 9.17) is 11.6 Å². The molecule has 4 rings (SSSR count). The highest BCUT2D eigenvalue weighted by Gasteiger charge is 2.34. The van der Waals surface area contributed by atoms with E-state index in [1.165, 1.54) is 0 Å². The molecule has 3 aromatic rings. The molecule has 0 saturated heterocycles. The molecule has 1 amide bonds. The molecule has 0 saturated carbocycles. The van der Waals surface area contributed by atoms with Crippen molar-refractivity contribution in [3.05, 3.63) is 89.2 Å². The normalized spacial score (nSPS) is 16.5. The third kappa shape index (κ3) is 2.41. The molecule has 2 heterocycles. The van der Waals surface area contributed by atoms with Gasteiger partial charge in [0.1, 0.15) is 6.17 Å². The monoisotopic (exact) mass is 335 g/mol. The van der Waals surface area contributed by atoms with Crippen LogP contribution in [0.1, 0.15) is 22.1 Å². The van der Waals surface area contributed by atoms with Crippen molar-refractivity contribution in [2.45, 2.75) is 6.17 Å². The van der Waals surface area contributed by atoms with Gasteiger partial charge in [-0.25, -0.2) is 0 Å². The van der Waals surface area contributed by atoms with Gasteiger partial charge in [0, 0.05) is 18.1 Å². The van der Waals surface area contributed by atoms with Crippen molar-refractivity contribution in [3.63, 3.8) is 0 Å². The Bertz CT molecular complexity index is 898. The summed E-state index contributed by atoms with van der Waals surface area (Å²) in [5.74, 6) is -0.0840. The number of carbonyl (C=O) groups excluding carboxylic acids is 1. The van der Waals surface area contributed by atoms with Gasteiger partial charge in [-0.1, -0.05) is 35.9 Å². The number of para-hydroxylation sites is 2. The smallest absolute Gasteiger partial charge is 0.262 e. The molecule has 0 unspecified atom stereocenters. The van der Waals surface area contributed by atoms with Crippen LogP contribution in [0.2, 0.25) is 5.02 Å². The van der Waals surface area contributed by atoms with Crippen LogP contribution >= 0.6 is 11.6 Å². The Morgan fingerprint density at radius 2 is 1.67 bits per heavy atom. The topological polar surface area (TPSA) is 45.2 Å². The van der Waals surface area contributed by atoms with E-state index >= 15 is 0 Å². The Labute approximate surface area is 144 Å². The zero-order valence-corrected chi connectivity index (χ0v) is 13.4. The molecule has 1 aliphatic heterocycles. The van der Waals surface area contributed by atoms with Gasteiger partial charge in [-0.2, -0.15) is 0 Å². The molecular formula is C19H14ClN3O. The van der Waals surface area contributed by atoms with E-state index in [9.17, 15) is 4.79 Å². The first-order valence-electron chi connectivity index (χ1n) is 7.59. The lowest BCUT2D eigenvalue weighted by Crippen LogP contribution is -2.43. The molecule has 2 aromatic carbocycles. The second kappa shape index (κ2) is 5.98. The summed E-state index contributed by atoms with van der Waals surface area (Å²) in [7, 11) is 0. The highest BCUT2D eigenvalue weighted by Crippen LogP contribution is 2.39. The average molecular weight is 336 g/mol. The van der Waals surface area contributed by atoms with Gasteiger partial charge in [0.2, 0.25) is 0 Å². The number of rotatable bonds is 2. The van der Waals surface area contributed by atoms with Gasteiger partial charge < -0.3 is 5.32 Å². The van der Waals surface area contributed by atoms with Crippen LogP contribution in [0.25, 0.3) is 0 Å². The fraction of sp³-hybridized carbons (Fsp3) is 0.0526. The number of hydrogen-bond acceptors (Lipinski definition) is 3. The molecule has 1 atom stereocenters. The van der Waals surface area contributed by atoms with Gasteiger partial charge in [0.05, 0.1) is 16.3 Å². The second-order valence-corrected chi connectivity index (χ2v) is 5.91. The average Bonchev–Trinajstić information content (AvgIpc) is 2.63. The van der Waals surface area contributed by atoms with Gasteiger partial charge in [0.15, 0.2) is 0 Å². The van der Waals surface area contributed by atoms with Crippen molar-refractivity contribution in [1.82, 2.24) is 4.98 Å². The van der Waals surface area contributed by atoms with Crippen LogP contribution in [0.4, 0.5) is 11.4 Å². The minimum absolute atomic E-state index is 0.0840. The van der Waals surface area contributed by atoms with Crippen LogP contribution in [0, 0.1) is 0 Å². The quantitative estimate of drug-likeness (QED) is 0.749. The molecule has 1 aliphatic rings. The fourth-order valence-corrected chi connectivity index (χ4v) is 3.15. The summed E-state index contributed by atoms with van der Waals surface area (Å²) >= 11 is 6.37. The fourth-order valence-electron chi connectivity index (χ4n) is 2.93. The third-order valence-corrected chi connectivity index (χ3v) is 4.38. The van der Waals surface area contributed by atoms with Crippen LogP contribution in [0.5, 0.6) is 0 Å². The zero-order valence-electron chi connectivity index (χ0n) is 12.7. The number of benzene rings is 2. The molecule has 0 radical (unpaired) electrons. The number of nitrogens with zero attached hydrogens (tertiary/aromatic N) is 2. The Morgan fingerprint density at radius 3 is 2.46 bits per heavy atom. The summed E-state index contributed by atoms with van der Waals surface area (Å²) in [5.41, 5.74) is 3.05. The Balaban J connectivity index is 1.90. The van der Waals surface area contributed by atoms with Crippen molar-refractivity contribution in [2.75, 3.05) is 10.2 Å². The van der Waals surface area contributed by atoms with E-state index < -0.39 is 0 Å². The van der Waals surface area contributed by atoms with E-state index in [0.29, 0.717) is 16.3 Å². The van der Waals surface area contributed by atoms with Crippen LogP contribution in [-0.2, 0) is 0 Å². The molecule has 0 aliphatic carbocycles. The van der Waals surface area contributed by atoms with Gasteiger partial charge in [0.25, 0.3) is 5.91 Å². The Hall–Kier alpha value is -2.85. The number of pyridine rings is 1. The highest BCUT2D eigenvalue weighted by molar-refractivity contribution is 6.34. The van der Waals surface area contributed by atoms with Crippen molar-refractivity contribution in [1.29, 1.82) is 0 Å². The van der Waals surface area contributed by atoms with Crippen molar-refractivity contribution < 1.29 is 4.79 Å². The standard InChI is InChI=1S/C19H14ClN3O/c20-15-6-2-4-8-17(15)23-18(13-9-11-21-12-10-13)22-16-7-3-1-5-14(16)19(23)24/h1-12,18,22H/t18-/m1/s1. The molecule has 0 bridgehead atoms. The lowest BCUT2D eigenvalue weighted by atomic mass is 10.0. The molecule has 0 spiro atoms. The first kappa shape index (κ1) is 14.7. The number of fused-ring (bicyclic) bond motifs is 1. The maximum Gasteiger partial charge on any atom is 0.262 e. The molecule has 1 aromatic heterocycles. The summed E-state index contributed by atoms with van der Waals surface area (Å²) < 4.78 is 0. The summed E-state index contributed by atoms with van der Waals surface area (Å²) in [4.78, 5) is 18.9. The maximum atomic E-state index is 13.2. The van der Waals surface area contributed by atoms with Crippen molar-refractivity contribution in [3.8, 4) is 0 Å². The first-order valence-corrected chi connectivity index (χ1v) is 7.97. The number of amides is 1. The summed E-state index contributed by atoms with van der Waals surface area (Å²) in [6.07, 6.45) is 3.08. The van der Waals surface area contributed by atoms with Crippen LogP contribution in [-0.4, -0.2) is 10.9 Å². The molecule has 24 heavy (non-hydrogen) atoms. The molecular weight excluding hydrogens is 322 g/mol. The maximum absolute atomic E-state index is 13.2. The van der Waals surface area contributed by atoms with E-state index in [0.717, 1.165) is 11.3 Å². The summed E-state index contributed by atoms with van der Waals surface area (Å²) in [6, 6.07) is 18.6. The first-order chi connectivity index (χ1) is 11.8. The third-order valence-electron chi connectivity index (χ3n) is 4.06. The number of hydrogen-bond donors (Lipinski definition) is 1. The predicted octanol–water partition coefficient (Wildman–Crippen LogP) is 4.51. The van der Waals surface area contributed by atoms with E-state index in [-0.39, 0.29) is 12.1 Å². The van der Waals surface area contributed by atoms with Crippen LogP contribution < -0.4 is 10.2 Å². The highest BCUT2D eigenvalue weighted by atomic mass is 35.5. The van der Waals surface area contributed by atoms with E-state index in [2.05, 4.69) is 10.3 Å². The van der Waals surface area contributed by atoms with E-state index in [1.54, 1.807) is 23.4 Å². The Morgan fingerprint density at radius 1 is 0.958 bits per heavy atom. The van der Waals surface area contributed by atoms with E-state index in [1.807, 2.05) is 54.6 Å². The van der Waals surface area contributed by atoms with Gasteiger partial charge in [-0.3, -0.25) is 14.7 Å². The number of halogens is 1. The Kier molecular flexibility index (Phi) is 3.67. The molecule has 118 valence electrons. The minimum Gasteiger partial charge on any atom is -0.360 e. The van der Waals surface area contributed by atoms with Gasteiger partial charge in [-0.15, -0.1) is 0 Å². The minimum atomic E-state index is -0.352. The number of carbonyl (C=O) groups is 1. The molecule has 4 nitrogen and oxygen atoms in total. The van der Waals surface area contributed by atoms with Crippen LogP contribution in [0.3, 0.4) is 0 Å². The lowest BCUT2D eigenvalue weighted by Gasteiger charge is -2.38. The zero-order chi connectivity index (χ0) is 16.5. The van der Waals surface area contributed by atoms with Crippen molar-refractivity contribution in [2.24, 2.45) is 0 Å². The summed E-state index contributed by atoms with van der Waals surface area (Å²) in [5, 5.41) is 3.97. The SMILES string of the molecule is O=C1c2ccccc2N[C@@H](c2ccncc2)N1c1ccccc1Cl. The van der Waals surface area contributed by atoms with Gasteiger partial charge in [-0.05, 0) is 42.0 Å². The number of anilines is 2. The summed E-state index contributed by atoms with van der Waals surface area (Å²) in [6.45, 7) is 0. The second-order valence-electron chi connectivity index (χ2n) is 5.50. The largest absolute Gasteiger partial charge is 0.360 e.